The summed E-state index contributed by atoms with van der Waals surface area (Å²) in [4.78, 5) is 6.69. The van der Waals surface area contributed by atoms with E-state index in [2.05, 4.69) is 16.9 Å². The standard InChI is InChI=1S/C14H20Cl2N2/c1-18(11-6-4-2-3-5-7-11)10-13-12(15)8-9-14(16)17-13/h8-9,11H,2-7,10H2,1H3. The van der Waals surface area contributed by atoms with Crippen molar-refractivity contribution in [2.24, 2.45) is 0 Å². The fraction of sp³-hybridized carbons (Fsp3) is 0.643. The lowest BCUT2D eigenvalue weighted by atomic mass is 10.1. The molecule has 1 aliphatic carbocycles. The van der Waals surface area contributed by atoms with E-state index in [0.717, 1.165) is 12.2 Å². The Bertz CT molecular complexity index is 387. The van der Waals surface area contributed by atoms with E-state index in [-0.39, 0.29) is 0 Å². The third-order valence-corrected chi connectivity index (χ3v) is 4.29. The van der Waals surface area contributed by atoms with Crippen molar-refractivity contribution in [2.45, 2.75) is 51.1 Å². The fourth-order valence-corrected chi connectivity index (χ4v) is 2.96. The maximum Gasteiger partial charge on any atom is 0.129 e. The van der Waals surface area contributed by atoms with Crippen LogP contribution in [0.2, 0.25) is 10.2 Å². The lowest BCUT2D eigenvalue weighted by Crippen LogP contribution is -2.31. The van der Waals surface area contributed by atoms with Crippen molar-refractivity contribution in [1.82, 2.24) is 9.88 Å². The minimum Gasteiger partial charge on any atom is -0.298 e. The highest BCUT2D eigenvalue weighted by atomic mass is 35.5. The minimum atomic E-state index is 0.517. The monoisotopic (exact) mass is 286 g/mol. The zero-order valence-corrected chi connectivity index (χ0v) is 12.3. The predicted octanol–water partition coefficient (Wildman–Crippen LogP) is 4.54. The lowest BCUT2D eigenvalue weighted by Gasteiger charge is -2.27. The molecule has 1 saturated carbocycles. The van der Waals surface area contributed by atoms with Crippen LogP contribution in [0, 0.1) is 0 Å². The summed E-state index contributed by atoms with van der Waals surface area (Å²) in [7, 11) is 2.16. The van der Waals surface area contributed by atoms with Gasteiger partial charge in [-0.2, -0.15) is 0 Å². The first-order valence-electron chi connectivity index (χ1n) is 6.68. The molecular formula is C14H20Cl2N2. The van der Waals surface area contributed by atoms with E-state index in [1.54, 1.807) is 6.07 Å². The summed E-state index contributed by atoms with van der Waals surface area (Å²) in [6.45, 7) is 0.782. The van der Waals surface area contributed by atoms with Crippen LogP contribution >= 0.6 is 23.2 Å². The summed E-state index contributed by atoms with van der Waals surface area (Å²) in [5.74, 6) is 0. The highest BCUT2D eigenvalue weighted by Gasteiger charge is 2.18. The van der Waals surface area contributed by atoms with Crippen LogP contribution in [-0.4, -0.2) is 23.0 Å². The highest BCUT2D eigenvalue weighted by molar-refractivity contribution is 6.32. The number of halogens is 2. The molecule has 1 aromatic rings. The maximum atomic E-state index is 6.16. The molecule has 1 aliphatic rings. The Morgan fingerprint density at radius 1 is 1.17 bits per heavy atom. The molecule has 2 rings (SSSR count). The zero-order valence-electron chi connectivity index (χ0n) is 10.8. The molecule has 0 saturated heterocycles. The summed E-state index contributed by atoms with van der Waals surface area (Å²) in [6, 6.07) is 4.22. The molecule has 0 aromatic carbocycles. The van der Waals surface area contributed by atoms with Crippen LogP contribution in [0.5, 0.6) is 0 Å². The van der Waals surface area contributed by atoms with Crippen molar-refractivity contribution >= 4 is 23.2 Å². The van der Waals surface area contributed by atoms with Gasteiger partial charge in [0.05, 0.1) is 10.7 Å². The molecule has 0 aliphatic heterocycles. The first kappa shape index (κ1) is 14.1. The second-order valence-electron chi connectivity index (χ2n) is 5.12. The van der Waals surface area contributed by atoms with Crippen LogP contribution in [0.4, 0.5) is 0 Å². The zero-order chi connectivity index (χ0) is 13.0. The summed E-state index contributed by atoms with van der Waals surface area (Å²) in [5.41, 5.74) is 0.885. The van der Waals surface area contributed by atoms with Gasteiger partial charge in [-0.1, -0.05) is 48.9 Å². The number of hydrogen-bond acceptors (Lipinski definition) is 2. The summed E-state index contributed by atoms with van der Waals surface area (Å²) < 4.78 is 0. The molecule has 1 aromatic heterocycles. The van der Waals surface area contributed by atoms with Gasteiger partial charge in [-0.15, -0.1) is 0 Å². The number of aromatic nitrogens is 1. The molecule has 100 valence electrons. The Hall–Kier alpha value is -0.310. The second kappa shape index (κ2) is 6.74. The van der Waals surface area contributed by atoms with Crippen LogP contribution < -0.4 is 0 Å². The molecule has 0 N–H and O–H groups in total. The van der Waals surface area contributed by atoms with E-state index in [9.17, 15) is 0 Å². The lowest BCUT2D eigenvalue weighted by molar-refractivity contribution is 0.211. The average Bonchev–Trinajstić information content (AvgIpc) is 2.62. The Morgan fingerprint density at radius 2 is 1.83 bits per heavy atom. The molecule has 0 amide bonds. The van der Waals surface area contributed by atoms with Gasteiger partial charge in [0.15, 0.2) is 0 Å². The fourth-order valence-electron chi connectivity index (χ4n) is 2.63. The number of rotatable bonds is 3. The first-order chi connectivity index (χ1) is 8.66. The van der Waals surface area contributed by atoms with E-state index >= 15 is 0 Å². The Balaban J connectivity index is 2.00. The van der Waals surface area contributed by atoms with Crippen molar-refractivity contribution in [2.75, 3.05) is 7.05 Å². The Kier molecular flexibility index (Phi) is 5.28. The van der Waals surface area contributed by atoms with Crippen LogP contribution in [0.25, 0.3) is 0 Å². The van der Waals surface area contributed by atoms with Crippen LogP contribution in [0.15, 0.2) is 12.1 Å². The summed E-state index contributed by atoms with van der Waals surface area (Å²) in [5, 5.41) is 1.23. The average molecular weight is 287 g/mol. The number of pyridine rings is 1. The van der Waals surface area contributed by atoms with Gasteiger partial charge in [-0.05, 0) is 32.0 Å². The van der Waals surface area contributed by atoms with Crippen LogP contribution in [0.1, 0.15) is 44.2 Å². The second-order valence-corrected chi connectivity index (χ2v) is 5.92. The molecule has 1 fully saturated rings. The van der Waals surface area contributed by atoms with Crippen molar-refractivity contribution in [3.63, 3.8) is 0 Å². The largest absolute Gasteiger partial charge is 0.298 e. The Labute approximate surface area is 119 Å². The topological polar surface area (TPSA) is 16.1 Å². The first-order valence-corrected chi connectivity index (χ1v) is 7.43. The molecule has 1 heterocycles. The van der Waals surface area contributed by atoms with Gasteiger partial charge in [0.2, 0.25) is 0 Å². The normalized spacial score (nSPS) is 18.0. The quantitative estimate of drug-likeness (QED) is 0.599. The molecule has 0 bridgehead atoms. The molecular weight excluding hydrogens is 267 g/mol. The van der Waals surface area contributed by atoms with E-state index in [1.165, 1.54) is 38.5 Å². The van der Waals surface area contributed by atoms with Gasteiger partial charge < -0.3 is 0 Å². The van der Waals surface area contributed by atoms with E-state index in [4.69, 9.17) is 23.2 Å². The van der Waals surface area contributed by atoms with E-state index < -0.39 is 0 Å². The van der Waals surface area contributed by atoms with Crippen LogP contribution in [-0.2, 0) is 6.54 Å². The third kappa shape index (κ3) is 3.84. The molecule has 18 heavy (non-hydrogen) atoms. The number of nitrogens with zero attached hydrogens (tertiary/aromatic N) is 2. The minimum absolute atomic E-state index is 0.517. The molecule has 0 atom stereocenters. The van der Waals surface area contributed by atoms with Gasteiger partial charge in [-0.25, -0.2) is 4.98 Å². The van der Waals surface area contributed by atoms with E-state index in [1.807, 2.05) is 6.07 Å². The summed E-state index contributed by atoms with van der Waals surface area (Å²) in [6.07, 6.45) is 8.00. The van der Waals surface area contributed by atoms with Gasteiger partial charge >= 0.3 is 0 Å². The van der Waals surface area contributed by atoms with Gasteiger partial charge in [-0.3, -0.25) is 4.90 Å². The number of hydrogen-bond donors (Lipinski definition) is 0. The molecule has 0 radical (unpaired) electrons. The molecule has 4 heteroatoms. The molecule has 2 nitrogen and oxygen atoms in total. The van der Waals surface area contributed by atoms with Gasteiger partial charge in [0.1, 0.15) is 5.15 Å². The van der Waals surface area contributed by atoms with Gasteiger partial charge in [0, 0.05) is 12.6 Å². The predicted molar refractivity (Wildman–Crippen MR) is 77.2 cm³/mol. The molecule has 0 spiro atoms. The van der Waals surface area contributed by atoms with Crippen molar-refractivity contribution in [3.05, 3.63) is 28.0 Å². The Morgan fingerprint density at radius 3 is 2.50 bits per heavy atom. The molecule has 0 unspecified atom stereocenters. The smallest absolute Gasteiger partial charge is 0.129 e. The van der Waals surface area contributed by atoms with Crippen molar-refractivity contribution in [1.29, 1.82) is 0 Å². The van der Waals surface area contributed by atoms with E-state index in [0.29, 0.717) is 16.2 Å². The maximum absolute atomic E-state index is 6.16. The summed E-state index contributed by atoms with van der Waals surface area (Å²) >= 11 is 12.1. The third-order valence-electron chi connectivity index (χ3n) is 3.73. The highest BCUT2D eigenvalue weighted by Crippen LogP contribution is 2.24. The SMILES string of the molecule is CN(Cc1nc(Cl)ccc1Cl)C1CCCCCC1. The van der Waals surface area contributed by atoms with Crippen molar-refractivity contribution in [3.8, 4) is 0 Å². The van der Waals surface area contributed by atoms with Gasteiger partial charge in [0.25, 0.3) is 0 Å². The van der Waals surface area contributed by atoms with Crippen LogP contribution in [0.3, 0.4) is 0 Å². The van der Waals surface area contributed by atoms with Crippen molar-refractivity contribution < 1.29 is 0 Å².